The second-order valence-corrected chi connectivity index (χ2v) is 28.1. The van der Waals surface area contributed by atoms with Crippen molar-refractivity contribution in [2.75, 3.05) is 39.6 Å². The lowest BCUT2D eigenvalue weighted by Crippen LogP contribution is -2.30. The Bertz CT molecular complexity index is 1680. The molecule has 0 amide bonds. The summed E-state index contributed by atoms with van der Waals surface area (Å²) in [6.45, 7) is 9.41. The van der Waals surface area contributed by atoms with E-state index in [0.717, 1.165) is 109 Å². The molecular formula is C67H130O17P2. The molecular weight excluding hydrogens is 1140 g/mol. The third-order valence-electron chi connectivity index (χ3n) is 15.5. The van der Waals surface area contributed by atoms with Crippen LogP contribution in [-0.4, -0.2) is 96.7 Å². The van der Waals surface area contributed by atoms with Crippen LogP contribution in [-0.2, 0) is 65.4 Å². The zero-order valence-corrected chi connectivity index (χ0v) is 57.4. The standard InChI is InChI=1S/C67H130O17P2/c1-7-9-11-13-15-16-17-18-21-24-27-31-38-44-50-65(70)78-56-62(83-66(71)51-45-39-32-28-25-22-19-20-23-26-30-35-41-47-59(3)4)57-81-85(73,74)79-53-61(68)54-80-86(75,76)82-58-63(55-77-64(69)49-43-37-29-14-12-10-8-2)84-67(72)52-46-40-34-33-36-42-48-60(5)6/h59-63,68H,7-58H2,1-6H3,(H,73,74)(H,75,76)/t61-,62-,63-/m1/s1. The lowest BCUT2D eigenvalue weighted by Gasteiger charge is -2.21. The number of rotatable bonds is 66. The van der Waals surface area contributed by atoms with E-state index in [9.17, 15) is 43.2 Å². The maximum atomic E-state index is 13.0. The number of aliphatic hydroxyl groups is 1. The topological polar surface area (TPSA) is 237 Å². The molecule has 0 aliphatic carbocycles. The summed E-state index contributed by atoms with van der Waals surface area (Å²) < 4.78 is 68.0. The van der Waals surface area contributed by atoms with Gasteiger partial charge in [0.05, 0.1) is 26.4 Å². The number of unbranched alkanes of at least 4 members (excludes halogenated alkanes) is 36. The third-order valence-corrected chi connectivity index (χ3v) is 17.4. The van der Waals surface area contributed by atoms with Gasteiger partial charge in [0.25, 0.3) is 0 Å². The number of phosphoric ester groups is 2. The summed E-state index contributed by atoms with van der Waals surface area (Å²) in [5.74, 6) is -0.680. The first kappa shape index (κ1) is 84.1. The second kappa shape index (κ2) is 59.4. The quantitative estimate of drug-likeness (QED) is 0.0222. The lowest BCUT2D eigenvalue weighted by atomic mass is 10.0. The Labute approximate surface area is 524 Å². The fraction of sp³-hybridized carbons (Fsp3) is 0.940. The first-order chi connectivity index (χ1) is 41.4. The molecule has 0 aliphatic rings. The summed E-state index contributed by atoms with van der Waals surface area (Å²) in [4.78, 5) is 72.2. The molecule has 510 valence electrons. The molecule has 0 spiro atoms. The molecule has 19 heteroatoms. The highest BCUT2D eigenvalue weighted by Gasteiger charge is 2.30. The number of hydrogen-bond acceptors (Lipinski definition) is 15. The number of hydrogen-bond donors (Lipinski definition) is 3. The summed E-state index contributed by atoms with van der Waals surface area (Å²) in [6.07, 6.45) is 43.3. The van der Waals surface area contributed by atoms with Crippen LogP contribution in [0, 0.1) is 11.8 Å². The fourth-order valence-electron chi connectivity index (χ4n) is 10.1. The van der Waals surface area contributed by atoms with Gasteiger partial charge in [-0.25, -0.2) is 9.13 Å². The molecule has 0 fully saturated rings. The van der Waals surface area contributed by atoms with E-state index in [1.54, 1.807) is 0 Å². The number of carbonyl (C=O) groups excluding carboxylic acids is 4. The van der Waals surface area contributed by atoms with Gasteiger partial charge in [-0.05, 0) is 37.5 Å². The molecule has 0 bridgehead atoms. The summed E-state index contributed by atoms with van der Waals surface area (Å²) in [5, 5.41) is 10.5. The van der Waals surface area contributed by atoms with E-state index >= 15 is 0 Å². The molecule has 2 unspecified atom stereocenters. The highest BCUT2D eigenvalue weighted by Crippen LogP contribution is 2.45. The van der Waals surface area contributed by atoms with Crippen molar-refractivity contribution < 1.29 is 80.2 Å². The Morgan fingerprint density at radius 1 is 0.314 bits per heavy atom. The Balaban J connectivity index is 5.20. The van der Waals surface area contributed by atoms with Crippen LogP contribution in [0.3, 0.4) is 0 Å². The monoisotopic (exact) mass is 1270 g/mol. The normalized spacial score (nSPS) is 14.2. The van der Waals surface area contributed by atoms with Crippen LogP contribution in [0.5, 0.6) is 0 Å². The van der Waals surface area contributed by atoms with E-state index in [4.69, 9.17) is 37.0 Å². The van der Waals surface area contributed by atoms with Crippen molar-refractivity contribution in [3.8, 4) is 0 Å². The number of esters is 4. The molecule has 0 aromatic rings. The van der Waals surface area contributed by atoms with Gasteiger partial charge < -0.3 is 33.8 Å². The van der Waals surface area contributed by atoms with Crippen LogP contribution in [0.2, 0.25) is 0 Å². The highest BCUT2D eigenvalue weighted by molar-refractivity contribution is 7.47. The number of ether oxygens (including phenoxy) is 4. The van der Waals surface area contributed by atoms with Gasteiger partial charge in [-0.2, -0.15) is 0 Å². The van der Waals surface area contributed by atoms with Crippen molar-refractivity contribution in [3.05, 3.63) is 0 Å². The van der Waals surface area contributed by atoms with Gasteiger partial charge in [-0.3, -0.25) is 37.3 Å². The number of carbonyl (C=O) groups is 4. The molecule has 3 N–H and O–H groups in total. The molecule has 0 saturated heterocycles. The Hall–Kier alpha value is -1.94. The van der Waals surface area contributed by atoms with Gasteiger partial charge in [0, 0.05) is 25.7 Å². The summed E-state index contributed by atoms with van der Waals surface area (Å²) in [6, 6.07) is 0. The first-order valence-corrected chi connectivity index (χ1v) is 38.0. The Kier molecular flexibility index (Phi) is 58.0. The molecule has 0 aliphatic heterocycles. The summed E-state index contributed by atoms with van der Waals surface area (Å²) in [7, 11) is -9.89. The van der Waals surface area contributed by atoms with E-state index in [1.807, 2.05) is 0 Å². The van der Waals surface area contributed by atoms with Crippen molar-refractivity contribution in [3.63, 3.8) is 0 Å². The van der Waals surface area contributed by atoms with Crippen molar-refractivity contribution >= 4 is 39.5 Å². The molecule has 0 heterocycles. The average Bonchev–Trinajstić information content (AvgIpc) is 3.69. The predicted octanol–water partition coefficient (Wildman–Crippen LogP) is 18.8. The van der Waals surface area contributed by atoms with E-state index in [2.05, 4.69) is 41.5 Å². The van der Waals surface area contributed by atoms with Gasteiger partial charge in [0.1, 0.15) is 19.3 Å². The van der Waals surface area contributed by atoms with Crippen molar-refractivity contribution in [1.29, 1.82) is 0 Å². The van der Waals surface area contributed by atoms with Crippen molar-refractivity contribution in [1.82, 2.24) is 0 Å². The van der Waals surface area contributed by atoms with E-state index in [0.29, 0.717) is 31.6 Å². The van der Waals surface area contributed by atoms with Crippen LogP contribution < -0.4 is 0 Å². The van der Waals surface area contributed by atoms with Crippen LogP contribution in [0.15, 0.2) is 0 Å². The SMILES string of the molecule is CCCCCCCCCCCCCCCCC(=O)OC[C@H](COP(=O)(O)OC[C@@H](O)COP(=O)(O)OC[C@@H](COC(=O)CCCCCCCCC)OC(=O)CCCCCCCCC(C)C)OC(=O)CCCCCCCCCCCCCCCC(C)C. The minimum atomic E-state index is -4.95. The molecule has 5 atom stereocenters. The fourth-order valence-corrected chi connectivity index (χ4v) is 11.6. The van der Waals surface area contributed by atoms with Crippen molar-refractivity contribution in [2.24, 2.45) is 11.8 Å². The maximum Gasteiger partial charge on any atom is 0.472 e. The van der Waals surface area contributed by atoms with Gasteiger partial charge in [-0.1, -0.05) is 286 Å². The zero-order chi connectivity index (χ0) is 63.6. The molecule has 0 rings (SSSR count). The number of phosphoric acid groups is 2. The first-order valence-electron chi connectivity index (χ1n) is 35.0. The van der Waals surface area contributed by atoms with Crippen LogP contribution in [0.25, 0.3) is 0 Å². The van der Waals surface area contributed by atoms with Crippen LogP contribution >= 0.6 is 15.6 Å². The third kappa shape index (κ3) is 60.9. The van der Waals surface area contributed by atoms with Crippen molar-refractivity contribution in [2.45, 2.75) is 355 Å². The Morgan fingerprint density at radius 3 is 0.791 bits per heavy atom. The van der Waals surface area contributed by atoms with Crippen LogP contribution in [0.1, 0.15) is 337 Å². The maximum absolute atomic E-state index is 13.0. The van der Waals surface area contributed by atoms with Gasteiger partial charge in [-0.15, -0.1) is 0 Å². The molecule has 0 aromatic carbocycles. The van der Waals surface area contributed by atoms with E-state index < -0.39 is 97.5 Å². The summed E-state index contributed by atoms with van der Waals surface area (Å²) in [5.41, 5.74) is 0. The predicted molar refractivity (Wildman–Crippen MR) is 345 cm³/mol. The van der Waals surface area contributed by atoms with Crippen LogP contribution in [0.4, 0.5) is 0 Å². The van der Waals surface area contributed by atoms with Gasteiger partial charge in [0.2, 0.25) is 0 Å². The molecule has 0 radical (unpaired) electrons. The average molecular weight is 1270 g/mol. The number of aliphatic hydroxyl groups excluding tert-OH is 1. The van der Waals surface area contributed by atoms with Gasteiger partial charge >= 0.3 is 39.5 Å². The molecule has 0 saturated carbocycles. The second-order valence-electron chi connectivity index (χ2n) is 25.2. The van der Waals surface area contributed by atoms with E-state index in [1.165, 1.54) is 141 Å². The van der Waals surface area contributed by atoms with E-state index in [-0.39, 0.29) is 25.7 Å². The highest BCUT2D eigenvalue weighted by atomic mass is 31.2. The lowest BCUT2D eigenvalue weighted by molar-refractivity contribution is -0.161. The van der Waals surface area contributed by atoms with Gasteiger partial charge in [0.15, 0.2) is 12.2 Å². The molecule has 0 aromatic heterocycles. The molecule has 17 nitrogen and oxygen atoms in total. The zero-order valence-electron chi connectivity index (χ0n) is 55.6. The summed E-state index contributed by atoms with van der Waals surface area (Å²) >= 11 is 0. The minimum Gasteiger partial charge on any atom is -0.462 e. The largest absolute Gasteiger partial charge is 0.472 e. The minimum absolute atomic E-state index is 0.102. The molecule has 86 heavy (non-hydrogen) atoms. The smallest absolute Gasteiger partial charge is 0.462 e. The Morgan fingerprint density at radius 2 is 0.535 bits per heavy atom.